The molecule has 1 unspecified atom stereocenters. The van der Waals surface area contributed by atoms with Gasteiger partial charge in [0, 0.05) is 38.8 Å². The van der Waals surface area contributed by atoms with E-state index in [0.29, 0.717) is 0 Å². The lowest BCUT2D eigenvalue weighted by Crippen LogP contribution is -2.26. The van der Waals surface area contributed by atoms with Crippen LogP contribution in [0.3, 0.4) is 0 Å². The molecule has 0 saturated heterocycles. The predicted octanol–water partition coefficient (Wildman–Crippen LogP) is 19.9. The summed E-state index contributed by atoms with van der Waals surface area (Å²) in [5.74, 6) is 0. The highest BCUT2D eigenvalue weighted by Gasteiger charge is 2.53. The summed E-state index contributed by atoms with van der Waals surface area (Å²) in [5.41, 5.74) is 29.3. The van der Waals surface area contributed by atoms with Gasteiger partial charge in [0.25, 0.3) is 0 Å². The Labute approximate surface area is 455 Å². The lowest BCUT2D eigenvalue weighted by molar-refractivity contribution is 0.660. The van der Waals surface area contributed by atoms with E-state index >= 15 is 0 Å². The molecule has 1 heterocycles. The van der Waals surface area contributed by atoms with E-state index in [1.807, 2.05) is 0 Å². The fourth-order valence-corrected chi connectivity index (χ4v) is 14.2. The number of nitrogens with zero attached hydrogens (tertiary/aromatic N) is 2. The van der Waals surface area contributed by atoms with Crippen LogP contribution in [0.1, 0.15) is 47.2 Å². The van der Waals surface area contributed by atoms with Crippen molar-refractivity contribution < 1.29 is 0 Å². The Hall–Kier alpha value is -9.76. The fourth-order valence-electron chi connectivity index (χ4n) is 14.2. The van der Waals surface area contributed by atoms with E-state index in [1.165, 1.54) is 122 Å². The normalized spacial score (nSPS) is 14.9. The third-order valence-electron chi connectivity index (χ3n) is 17.6. The highest BCUT2D eigenvalue weighted by Crippen LogP contribution is 2.66. The van der Waals surface area contributed by atoms with E-state index in [9.17, 15) is 0 Å². The van der Waals surface area contributed by atoms with Crippen LogP contribution in [0.5, 0.6) is 0 Å². The molecule has 0 aliphatic heterocycles. The van der Waals surface area contributed by atoms with E-state index < -0.39 is 5.41 Å². The first-order valence-corrected chi connectivity index (χ1v) is 27.3. The second-order valence-corrected chi connectivity index (χ2v) is 21.9. The van der Waals surface area contributed by atoms with E-state index in [2.05, 4.69) is 302 Å². The van der Waals surface area contributed by atoms with Crippen molar-refractivity contribution in [2.75, 3.05) is 4.90 Å². The molecule has 1 spiro atoms. The minimum absolute atomic E-state index is 0.244. The van der Waals surface area contributed by atoms with Crippen molar-refractivity contribution in [3.05, 3.63) is 312 Å². The molecule has 0 N–H and O–H groups in total. The van der Waals surface area contributed by atoms with Gasteiger partial charge in [-0.15, -0.1) is 0 Å². The van der Waals surface area contributed by atoms with Crippen molar-refractivity contribution in [2.45, 2.75) is 24.7 Å². The van der Waals surface area contributed by atoms with Crippen molar-refractivity contribution in [2.24, 2.45) is 0 Å². The topological polar surface area (TPSA) is 8.17 Å². The molecule has 3 aliphatic rings. The van der Waals surface area contributed by atoms with Crippen LogP contribution >= 0.6 is 0 Å². The highest BCUT2D eigenvalue weighted by molar-refractivity contribution is 6.11. The first kappa shape index (κ1) is 44.5. The van der Waals surface area contributed by atoms with Gasteiger partial charge in [0.1, 0.15) is 0 Å². The van der Waals surface area contributed by atoms with Gasteiger partial charge < -0.3 is 9.47 Å². The van der Waals surface area contributed by atoms with Crippen LogP contribution in [-0.4, -0.2) is 4.57 Å². The van der Waals surface area contributed by atoms with Gasteiger partial charge in [-0.05, 0) is 161 Å². The molecule has 13 aromatic rings. The molecule has 78 heavy (non-hydrogen) atoms. The van der Waals surface area contributed by atoms with Gasteiger partial charge in [-0.25, -0.2) is 0 Å². The molecule has 0 fully saturated rings. The minimum atomic E-state index is -0.533. The summed E-state index contributed by atoms with van der Waals surface area (Å²) in [7, 11) is 0. The van der Waals surface area contributed by atoms with Gasteiger partial charge in [0.2, 0.25) is 0 Å². The Morgan fingerprint density at radius 3 is 1.54 bits per heavy atom. The summed E-state index contributed by atoms with van der Waals surface area (Å²) in [6, 6.07) is 104. The summed E-state index contributed by atoms with van der Waals surface area (Å²) in [5, 5.41) is 2.49. The monoisotopic (exact) mass is 992 g/mol. The number of para-hydroxylation sites is 2. The molecule has 0 radical (unpaired) electrons. The van der Waals surface area contributed by atoms with Crippen molar-refractivity contribution in [3.8, 4) is 72.4 Å². The highest BCUT2D eigenvalue weighted by atomic mass is 15.1. The van der Waals surface area contributed by atoms with Gasteiger partial charge in [-0.1, -0.05) is 226 Å². The Morgan fingerprint density at radius 2 is 0.795 bits per heavy atom. The standard InChI is InChI=1S/C76H52N2/c1-75(2)68-47-53(49-20-6-3-7-21-49)38-43-58(68)59-44-42-56(48-69(59)75)77(55-40-36-50(37-41-55)52-39-45-71-63(46-52)60-26-14-17-34-70(60)78(71)54-24-10-5-11-25-54)72-35-19-33-67-74(72)62-28-13-16-31-65(62)76(67)64-30-15-12-27-61(64)73-57(29-18-32-66(73)76)51-22-8-4-9-23-51/h3-48H,1-2H3. The Morgan fingerprint density at radius 1 is 0.295 bits per heavy atom. The lowest BCUT2D eigenvalue weighted by Gasteiger charge is -2.32. The molecular weight excluding hydrogens is 941 g/mol. The van der Waals surface area contributed by atoms with E-state index in [4.69, 9.17) is 0 Å². The largest absolute Gasteiger partial charge is 0.310 e. The summed E-state index contributed by atoms with van der Waals surface area (Å²) in [6.07, 6.45) is 0. The van der Waals surface area contributed by atoms with E-state index in [1.54, 1.807) is 0 Å². The summed E-state index contributed by atoms with van der Waals surface area (Å²) >= 11 is 0. The molecule has 1 aromatic heterocycles. The van der Waals surface area contributed by atoms with Crippen LogP contribution in [0.2, 0.25) is 0 Å². The average molecular weight is 993 g/mol. The Kier molecular flexibility index (Phi) is 9.63. The van der Waals surface area contributed by atoms with Crippen LogP contribution in [0.4, 0.5) is 17.1 Å². The number of hydrogen-bond acceptors (Lipinski definition) is 1. The van der Waals surface area contributed by atoms with Crippen molar-refractivity contribution >= 4 is 38.9 Å². The van der Waals surface area contributed by atoms with Crippen LogP contribution < -0.4 is 4.90 Å². The van der Waals surface area contributed by atoms with Crippen LogP contribution in [0, 0.1) is 0 Å². The number of fused-ring (bicyclic) bond motifs is 16. The molecule has 1 atom stereocenters. The molecule has 16 rings (SSSR count). The number of hydrogen-bond donors (Lipinski definition) is 0. The van der Waals surface area contributed by atoms with Crippen LogP contribution in [0.15, 0.2) is 279 Å². The Balaban J connectivity index is 0.896. The third kappa shape index (κ3) is 6.26. The minimum Gasteiger partial charge on any atom is -0.310 e. The molecule has 366 valence electrons. The second-order valence-electron chi connectivity index (χ2n) is 21.9. The first-order valence-electron chi connectivity index (χ1n) is 27.3. The van der Waals surface area contributed by atoms with Gasteiger partial charge in [-0.2, -0.15) is 0 Å². The molecule has 0 bridgehead atoms. The van der Waals surface area contributed by atoms with Crippen molar-refractivity contribution in [1.29, 1.82) is 0 Å². The molecule has 0 saturated carbocycles. The molecule has 3 aliphatic carbocycles. The van der Waals surface area contributed by atoms with Gasteiger partial charge in [0.05, 0.1) is 22.1 Å². The number of benzene rings is 12. The molecule has 0 amide bonds. The maximum absolute atomic E-state index is 2.55. The first-order chi connectivity index (χ1) is 38.5. The molecule has 12 aromatic carbocycles. The number of rotatable bonds is 7. The van der Waals surface area contributed by atoms with Gasteiger partial charge >= 0.3 is 0 Å². The SMILES string of the molecule is CC1(C)c2cc(-c3ccccc3)ccc2-c2ccc(N(c3ccc(-c4ccc5c(c4)c4ccccc4n5-c4ccccc4)cc3)c3cccc4c3-c3ccccc3C43c4ccccc4-c4c(-c5ccccc5)cccc43)cc21. The zero-order chi connectivity index (χ0) is 51.7. The fraction of sp³-hybridized carbons (Fsp3) is 0.0526. The number of anilines is 3. The molecule has 2 nitrogen and oxygen atoms in total. The summed E-state index contributed by atoms with van der Waals surface area (Å²) < 4.78 is 2.39. The maximum Gasteiger partial charge on any atom is 0.0726 e. The number of aromatic nitrogens is 1. The van der Waals surface area contributed by atoms with E-state index in [-0.39, 0.29) is 5.41 Å². The van der Waals surface area contributed by atoms with Crippen LogP contribution in [-0.2, 0) is 10.8 Å². The maximum atomic E-state index is 2.55. The molecular formula is C76H52N2. The second kappa shape index (κ2) is 16.9. The molecule has 2 heteroatoms. The predicted molar refractivity (Wildman–Crippen MR) is 326 cm³/mol. The zero-order valence-corrected chi connectivity index (χ0v) is 43.5. The van der Waals surface area contributed by atoms with Gasteiger partial charge in [-0.3, -0.25) is 0 Å². The van der Waals surface area contributed by atoms with Gasteiger partial charge in [0.15, 0.2) is 0 Å². The third-order valence-corrected chi connectivity index (χ3v) is 17.6. The summed E-state index contributed by atoms with van der Waals surface area (Å²) in [6.45, 7) is 4.81. The van der Waals surface area contributed by atoms with Crippen molar-refractivity contribution in [3.63, 3.8) is 0 Å². The smallest absolute Gasteiger partial charge is 0.0726 e. The lowest BCUT2D eigenvalue weighted by atomic mass is 9.70. The van der Waals surface area contributed by atoms with E-state index in [0.717, 1.165) is 22.7 Å². The summed E-state index contributed by atoms with van der Waals surface area (Å²) in [4.78, 5) is 2.55. The van der Waals surface area contributed by atoms with Crippen LogP contribution in [0.25, 0.3) is 94.3 Å². The average Bonchev–Trinajstić information content (AvgIpc) is 4.38. The Bertz CT molecular complexity index is 4560. The van der Waals surface area contributed by atoms with Crippen molar-refractivity contribution in [1.82, 2.24) is 4.57 Å². The zero-order valence-electron chi connectivity index (χ0n) is 43.5. The quantitative estimate of drug-likeness (QED) is 0.154.